The second kappa shape index (κ2) is 4.59. The molecule has 0 fully saturated rings. The van der Waals surface area contributed by atoms with Gasteiger partial charge in [-0.25, -0.2) is 13.8 Å². The van der Waals surface area contributed by atoms with E-state index in [0.717, 1.165) is 16.0 Å². The predicted octanol–water partition coefficient (Wildman–Crippen LogP) is 4.82. The fraction of sp³-hybridized carbons (Fsp3) is 0. The second-order valence-corrected chi connectivity index (χ2v) is 5.45. The van der Waals surface area contributed by atoms with E-state index in [1.807, 2.05) is 17.5 Å². The van der Waals surface area contributed by atoms with Crippen molar-refractivity contribution in [3.8, 4) is 21.1 Å². The Balaban J connectivity index is 2.03. The SMILES string of the molecule is Fc1ccc(-c2csc(-c3cccs3)n2)c(F)c1. The van der Waals surface area contributed by atoms with Crippen molar-refractivity contribution in [3.05, 3.63) is 52.7 Å². The number of thiazole rings is 1. The third-order valence-electron chi connectivity index (χ3n) is 2.44. The number of hydrogen-bond donors (Lipinski definition) is 0. The molecule has 0 atom stereocenters. The van der Waals surface area contributed by atoms with Gasteiger partial charge in [0.25, 0.3) is 0 Å². The van der Waals surface area contributed by atoms with E-state index in [4.69, 9.17) is 0 Å². The minimum absolute atomic E-state index is 0.329. The van der Waals surface area contributed by atoms with Crippen molar-refractivity contribution in [1.29, 1.82) is 0 Å². The van der Waals surface area contributed by atoms with E-state index in [-0.39, 0.29) is 0 Å². The molecule has 5 heteroatoms. The quantitative estimate of drug-likeness (QED) is 0.655. The molecular weight excluding hydrogens is 272 g/mol. The summed E-state index contributed by atoms with van der Waals surface area (Å²) in [6, 6.07) is 7.44. The molecule has 0 saturated carbocycles. The van der Waals surface area contributed by atoms with Crippen molar-refractivity contribution < 1.29 is 8.78 Å². The van der Waals surface area contributed by atoms with Crippen LogP contribution in [0.3, 0.4) is 0 Å². The van der Waals surface area contributed by atoms with E-state index in [1.165, 1.54) is 23.5 Å². The van der Waals surface area contributed by atoms with Crippen molar-refractivity contribution in [3.63, 3.8) is 0 Å². The van der Waals surface area contributed by atoms with Crippen LogP contribution in [0, 0.1) is 11.6 Å². The predicted molar refractivity (Wildman–Crippen MR) is 70.8 cm³/mol. The fourth-order valence-electron chi connectivity index (χ4n) is 1.61. The molecule has 0 aliphatic carbocycles. The Morgan fingerprint density at radius 1 is 1.06 bits per heavy atom. The topological polar surface area (TPSA) is 12.9 Å². The maximum atomic E-state index is 13.6. The summed E-state index contributed by atoms with van der Waals surface area (Å²) in [5.74, 6) is -1.16. The van der Waals surface area contributed by atoms with Crippen LogP contribution in [0.15, 0.2) is 41.1 Å². The van der Waals surface area contributed by atoms with Gasteiger partial charge in [-0.1, -0.05) is 6.07 Å². The standard InChI is InChI=1S/C13H7F2NS2/c14-8-3-4-9(10(15)6-8)11-7-18-13(16-11)12-2-1-5-17-12/h1-7H. The highest BCUT2D eigenvalue weighted by Crippen LogP contribution is 2.32. The average Bonchev–Trinajstić information content (AvgIpc) is 2.99. The largest absolute Gasteiger partial charge is 0.235 e. The highest BCUT2D eigenvalue weighted by atomic mass is 32.1. The van der Waals surface area contributed by atoms with Crippen molar-refractivity contribution >= 4 is 22.7 Å². The summed E-state index contributed by atoms with van der Waals surface area (Å²) >= 11 is 3.04. The van der Waals surface area contributed by atoms with Gasteiger partial charge in [0.05, 0.1) is 10.6 Å². The monoisotopic (exact) mass is 279 g/mol. The van der Waals surface area contributed by atoms with Crippen LogP contribution in [0.5, 0.6) is 0 Å². The van der Waals surface area contributed by atoms with Crippen LogP contribution < -0.4 is 0 Å². The molecule has 0 amide bonds. The molecule has 18 heavy (non-hydrogen) atoms. The van der Waals surface area contributed by atoms with Gasteiger partial charge in [-0.05, 0) is 23.6 Å². The molecule has 1 nitrogen and oxygen atoms in total. The molecule has 0 saturated heterocycles. The van der Waals surface area contributed by atoms with E-state index in [1.54, 1.807) is 16.7 Å². The van der Waals surface area contributed by atoms with E-state index < -0.39 is 11.6 Å². The Bertz CT molecular complexity index is 674. The summed E-state index contributed by atoms with van der Waals surface area (Å²) in [7, 11) is 0. The van der Waals surface area contributed by atoms with E-state index in [2.05, 4.69) is 4.98 Å². The Morgan fingerprint density at radius 3 is 2.67 bits per heavy atom. The normalized spacial score (nSPS) is 10.8. The third-order valence-corrected chi connectivity index (χ3v) is 4.32. The lowest BCUT2D eigenvalue weighted by molar-refractivity contribution is 0.585. The zero-order valence-corrected chi connectivity index (χ0v) is 10.7. The summed E-state index contributed by atoms with van der Waals surface area (Å²) in [6.45, 7) is 0. The molecule has 1 aromatic carbocycles. The highest BCUT2D eigenvalue weighted by molar-refractivity contribution is 7.20. The first-order valence-corrected chi connectivity index (χ1v) is 6.95. The minimum Gasteiger partial charge on any atom is -0.235 e. The summed E-state index contributed by atoms with van der Waals surface area (Å²) < 4.78 is 26.5. The lowest BCUT2D eigenvalue weighted by Crippen LogP contribution is -1.86. The molecule has 90 valence electrons. The molecule has 0 aliphatic heterocycles. The van der Waals surface area contributed by atoms with Crippen LogP contribution in [0.25, 0.3) is 21.1 Å². The maximum Gasteiger partial charge on any atom is 0.135 e. The van der Waals surface area contributed by atoms with Gasteiger partial charge >= 0.3 is 0 Å². The minimum atomic E-state index is -0.585. The first-order valence-electron chi connectivity index (χ1n) is 5.19. The van der Waals surface area contributed by atoms with Crippen LogP contribution in [0.1, 0.15) is 0 Å². The van der Waals surface area contributed by atoms with Gasteiger partial charge in [-0.15, -0.1) is 22.7 Å². The van der Waals surface area contributed by atoms with Gasteiger partial charge in [0.15, 0.2) is 0 Å². The molecule has 3 aromatic rings. The van der Waals surface area contributed by atoms with Crippen LogP contribution in [-0.4, -0.2) is 4.98 Å². The third kappa shape index (κ3) is 2.07. The molecule has 0 aliphatic rings. The van der Waals surface area contributed by atoms with Crippen molar-refractivity contribution in [2.45, 2.75) is 0 Å². The molecule has 2 aromatic heterocycles. The van der Waals surface area contributed by atoms with Crippen molar-refractivity contribution in [2.75, 3.05) is 0 Å². The van der Waals surface area contributed by atoms with Crippen molar-refractivity contribution in [2.24, 2.45) is 0 Å². The molecule has 0 N–H and O–H groups in total. The Hall–Kier alpha value is -1.59. The first kappa shape index (κ1) is 11.5. The van der Waals surface area contributed by atoms with E-state index in [0.29, 0.717) is 11.3 Å². The number of nitrogens with zero attached hydrogens (tertiary/aromatic N) is 1. The number of halogens is 2. The second-order valence-electron chi connectivity index (χ2n) is 3.64. The van der Waals surface area contributed by atoms with Crippen LogP contribution >= 0.6 is 22.7 Å². The van der Waals surface area contributed by atoms with Crippen LogP contribution in [0.2, 0.25) is 0 Å². The Kier molecular flexibility index (Phi) is 2.93. The Morgan fingerprint density at radius 2 is 1.94 bits per heavy atom. The molecule has 0 radical (unpaired) electrons. The summed E-state index contributed by atoms with van der Waals surface area (Å²) in [6.07, 6.45) is 0. The Labute approximate surface area is 110 Å². The highest BCUT2D eigenvalue weighted by Gasteiger charge is 2.11. The average molecular weight is 279 g/mol. The van der Waals surface area contributed by atoms with Gasteiger partial charge in [0.1, 0.15) is 16.6 Å². The molecular formula is C13H7F2NS2. The summed E-state index contributed by atoms with van der Waals surface area (Å²) in [5, 5.41) is 4.60. The van der Waals surface area contributed by atoms with Gasteiger partial charge < -0.3 is 0 Å². The number of hydrogen-bond acceptors (Lipinski definition) is 3. The molecule has 3 rings (SSSR count). The van der Waals surface area contributed by atoms with Gasteiger partial charge in [-0.2, -0.15) is 0 Å². The molecule has 0 spiro atoms. The zero-order valence-electron chi connectivity index (χ0n) is 9.06. The summed E-state index contributed by atoms with van der Waals surface area (Å²) in [5.41, 5.74) is 0.872. The molecule has 0 unspecified atom stereocenters. The van der Waals surface area contributed by atoms with Crippen LogP contribution in [0.4, 0.5) is 8.78 Å². The van der Waals surface area contributed by atoms with E-state index >= 15 is 0 Å². The number of benzene rings is 1. The van der Waals surface area contributed by atoms with Crippen LogP contribution in [-0.2, 0) is 0 Å². The zero-order chi connectivity index (χ0) is 12.5. The lowest BCUT2D eigenvalue weighted by atomic mass is 10.1. The maximum absolute atomic E-state index is 13.6. The fourth-order valence-corrected chi connectivity index (χ4v) is 3.24. The number of rotatable bonds is 2. The van der Waals surface area contributed by atoms with Crippen molar-refractivity contribution in [1.82, 2.24) is 4.98 Å². The molecule has 2 heterocycles. The smallest absolute Gasteiger partial charge is 0.135 e. The molecule has 0 bridgehead atoms. The number of aromatic nitrogens is 1. The van der Waals surface area contributed by atoms with Gasteiger partial charge in [-0.3, -0.25) is 0 Å². The van der Waals surface area contributed by atoms with Gasteiger partial charge in [0, 0.05) is 17.0 Å². The number of thiophene rings is 1. The van der Waals surface area contributed by atoms with E-state index in [9.17, 15) is 8.78 Å². The lowest BCUT2D eigenvalue weighted by Gasteiger charge is -1.98. The first-order chi connectivity index (χ1) is 8.74. The summed E-state index contributed by atoms with van der Waals surface area (Å²) in [4.78, 5) is 5.43. The van der Waals surface area contributed by atoms with Gasteiger partial charge in [0.2, 0.25) is 0 Å².